The van der Waals surface area contributed by atoms with E-state index < -0.39 is 5.91 Å². The monoisotopic (exact) mass is 495 g/mol. The first kappa shape index (κ1) is 23.8. The van der Waals surface area contributed by atoms with Gasteiger partial charge in [0, 0.05) is 11.1 Å². The van der Waals surface area contributed by atoms with Crippen molar-refractivity contribution < 1.29 is 18.8 Å². The van der Waals surface area contributed by atoms with Gasteiger partial charge in [-0.15, -0.1) is 0 Å². The average molecular weight is 497 g/mol. The standard InChI is InChI=1S/C22H20Cl3N3O4/c1-12-16(13(2)32-28-12)11-31-19-6-4-14(8-20(19)30-3)5-7-21(29)26-27-22-17(24)9-15(23)10-18(22)25/h4-10,27H,11H2,1-3H3,(H,26,29)/b7-5+. The fourth-order valence-corrected chi connectivity index (χ4v) is 3.68. The Labute approximate surface area is 200 Å². The molecule has 0 aliphatic rings. The number of hydrogen-bond donors (Lipinski definition) is 2. The second-order valence-corrected chi connectivity index (χ2v) is 7.94. The van der Waals surface area contributed by atoms with Crippen LogP contribution in [0.3, 0.4) is 0 Å². The summed E-state index contributed by atoms with van der Waals surface area (Å²) in [5.41, 5.74) is 7.94. The highest BCUT2D eigenvalue weighted by Gasteiger charge is 2.12. The maximum Gasteiger partial charge on any atom is 0.262 e. The fourth-order valence-electron chi connectivity index (χ4n) is 2.76. The number of nitrogens with one attached hydrogen (secondary N) is 2. The summed E-state index contributed by atoms with van der Waals surface area (Å²) in [5, 5.41) is 4.87. The van der Waals surface area contributed by atoms with E-state index in [1.165, 1.54) is 18.2 Å². The molecule has 10 heteroatoms. The van der Waals surface area contributed by atoms with Gasteiger partial charge in [-0.2, -0.15) is 0 Å². The maximum atomic E-state index is 12.2. The van der Waals surface area contributed by atoms with Crippen molar-refractivity contribution in [3.8, 4) is 11.5 Å². The number of halogens is 3. The van der Waals surface area contributed by atoms with Crippen LogP contribution in [-0.4, -0.2) is 18.2 Å². The smallest absolute Gasteiger partial charge is 0.262 e. The number of benzene rings is 2. The Bertz CT molecular complexity index is 1120. The average Bonchev–Trinajstić information content (AvgIpc) is 3.07. The molecule has 0 radical (unpaired) electrons. The van der Waals surface area contributed by atoms with Crippen LogP contribution >= 0.6 is 34.8 Å². The molecule has 0 saturated carbocycles. The molecule has 168 valence electrons. The zero-order chi connectivity index (χ0) is 23.3. The Hall–Kier alpha value is -2.87. The van der Waals surface area contributed by atoms with E-state index in [1.807, 2.05) is 13.8 Å². The van der Waals surface area contributed by atoms with Gasteiger partial charge in [-0.05, 0) is 49.8 Å². The van der Waals surface area contributed by atoms with Gasteiger partial charge in [-0.3, -0.25) is 15.6 Å². The summed E-state index contributed by atoms with van der Waals surface area (Å²) in [4.78, 5) is 12.2. The van der Waals surface area contributed by atoms with Crippen LogP contribution in [-0.2, 0) is 11.4 Å². The molecule has 1 aromatic heterocycles. The van der Waals surface area contributed by atoms with E-state index in [2.05, 4.69) is 16.0 Å². The topological polar surface area (TPSA) is 85.6 Å². The Morgan fingerprint density at radius 2 is 1.84 bits per heavy atom. The van der Waals surface area contributed by atoms with Gasteiger partial charge in [0.15, 0.2) is 11.5 Å². The molecule has 3 rings (SSSR count). The lowest BCUT2D eigenvalue weighted by atomic mass is 10.2. The molecule has 3 aromatic rings. The zero-order valence-electron chi connectivity index (χ0n) is 17.5. The predicted molar refractivity (Wildman–Crippen MR) is 126 cm³/mol. The van der Waals surface area contributed by atoms with E-state index >= 15 is 0 Å². The lowest BCUT2D eigenvalue weighted by Crippen LogP contribution is -2.27. The van der Waals surface area contributed by atoms with Crippen molar-refractivity contribution in [1.82, 2.24) is 10.6 Å². The van der Waals surface area contributed by atoms with Gasteiger partial charge >= 0.3 is 0 Å². The molecule has 0 aliphatic carbocycles. The van der Waals surface area contributed by atoms with Crippen LogP contribution in [0.2, 0.25) is 15.1 Å². The predicted octanol–water partition coefficient (Wildman–Crippen LogP) is 6.00. The summed E-state index contributed by atoms with van der Waals surface area (Å²) in [6.07, 6.45) is 2.98. The summed E-state index contributed by atoms with van der Waals surface area (Å²) in [6, 6.07) is 8.35. The number of carbonyl (C=O) groups is 1. The highest BCUT2D eigenvalue weighted by atomic mass is 35.5. The maximum absolute atomic E-state index is 12.2. The fraction of sp³-hybridized carbons (Fsp3) is 0.182. The van der Waals surface area contributed by atoms with Crippen LogP contribution in [0.1, 0.15) is 22.6 Å². The van der Waals surface area contributed by atoms with Crippen LogP contribution in [0.15, 0.2) is 40.9 Å². The highest BCUT2D eigenvalue weighted by Crippen LogP contribution is 2.33. The van der Waals surface area contributed by atoms with Gasteiger partial charge < -0.3 is 14.0 Å². The van der Waals surface area contributed by atoms with Crippen molar-refractivity contribution in [3.05, 3.63) is 74.1 Å². The number of hydrazine groups is 1. The molecule has 1 amide bonds. The number of ether oxygens (including phenoxy) is 2. The molecule has 0 spiro atoms. The van der Waals surface area contributed by atoms with Crippen molar-refractivity contribution in [2.24, 2.45) is 0 Å². The Balaban J connectivity index is 1.62. The number of amides is 1. The third-order valence-corrected chi connectivity index (χ3v) is 5.30. The van der Waals surface area contributed by atoms with Crippen molar-refractivity contribution in [2.45, 2.75) is 20.5 Å². The first-order chi connectivity index (χ1) is 15.3. The van der Waals surface area contributed by atoms with Gasteiger partial charge in [0.1, 0.15) is 12.4 Å². The molecule has 0 aliphatic heterocycles. The molecular formula is C22H20Cl3N3O4. The molecule has 0 bridgehead atoms. The minimum Gasteiger partial charge on any atom is -0.493 e. The third-order valence-electron chi connectivity index (χ3n) is 4.49. The first-order valence-corrected chi connectivity index (χ1v) is 10.5. The van der Waals surface area contributed by atoms with Crippen LogP contribution in [0.25, 0.3) is 6.08 Å². The van der Waals surface area contributed by atoms with Gasteiger partial charge in [0.2, 0.25) is 0 Å². The second kappa shape index (κ2) is 10.6. The molecule has 0 fully saturated rings. The molecule has 7 nitrogen and oxygen atoms in total. The minimum absolute atomic E-state index is 0.281. The SMILES string of the molecule is COc1cc(/C=C/C(=O)NNc2c(Cl)cc(Cl)cc2Cl)ccc1OCc1c(C)noc1C. The molecule has 0 saturated heterocycles. The Kier molecular flexibility index (Phi) is 7.90. The molecular weight excluding hydrogens is 477 g/mol. The summed E-state index contributed by atoms with van der Waals surface area (Å²) in [6.45, 7) is 3.99. The van der Waals surface area contributed by atoms with Gasteiger partial charge in [0.05, 0.1) is 34.1 Å². The van der Waals surface area contributed by atoms with Crippen molar-refractivity contribution in [2.75, 3.05) is 12.5 Å². The number of anilines is 1. The van der Waals surface area contributed by atoms with Crippen LogP contribution in [0.5, 0.6) is 11.5 Å². The van der Waals surface area contributed by atoms with Crippen LogP contribution in [0.4, 0.5) is 5.69 Å². The number of hydrogen-bond acceptors (Lipinski definition) is 6. The lowest BCUT2D eigenvalue weighted by Gasteiger charge is -2.12. The summed E-state index contributed by atoms with van der Waals surface area (Å²) in [7, 11) is 1.54. The van der Waals surface area contributed by atoms with Crippen LogP contribution < -0.4 is 20.3 Å². The van der Waals surface area contributed by atoms with Gasteiger partial charge in [-0.1, -0.05) is 46.0 Å². The number of rotatable bonds is 8. The quantitative estimate of drug-likeness (QED) is 0.294. The lowest BCUT2D eigenvalue weighted by molar-refractivity contribution is -0.115. The normalized spacial score (nSPS) is 10.9. The van der Waals surface area contributed by atoms with Crippen LogP contribution in [0, 0.1) is 13.8 Å². The number of methoxy groups -OCH3 is 1. The first-order valence-electron chi connectivity index (χ1n) is 9.39. The molecule has 2 N–H and O–H groups in total. The second-order valence-electron chi connectivity index (χ2n) is 6.69. The zero-order valence-corrected chi connectivity index (χ0v) is 19.7. The molecule has 32 heavy (non-hydrogen) atoms. The van der Waals surface area contributed by atoms with Crippen molar-refractivity contribution in [3.63, 3.8) is 0 Å². The van der Waals surface area contributed by atoms with E-state index in [-0.39, 0.29) is 10.0 Å². The van der Waals surface area contributed by atoms with E-state index in [4.69, 9.17) is 48.8 Å². The summed E-state index contributed by atoms with van der Waals surface area (Å²) in [5.74, 6) is 1.38. The number of nitrogens with zero attached hydrogens (tertiary/aromatic N) is 1. The molecule has 0 unspecified atom stereocenters. The van der Waals surface area contributed by atoms with Gasteiger partial charge in [-0.25, -0.2) is 0 Å². The Morgan fingerprint density at radius 1 is 1.12 bits per heavy atom. The van der Waals surface area contributed by atoms with Crippen molar-refractivity contribution >= 4 is 52.5 Å². The number of aryl methyl sites for hydroxylation is 2. The van der Waals surface area contributed by atoms with Crippen molar-refractivity contribution in [1.29, 1.82) is 0 Å². The van der Waals surface area contributed by atoms with E-state index in [1.54, 1.807) is 31.4 Å². The van der Waals surface area contributed by atoms with Gasteiger partial charge in [0.25, 0.3) is 5.91 Å². The summed E-state index contributed by atoms with van der Waals surface area (Å²) >= 11 is 18.0. The largest absolute Gasteiger partial charge is 0.493 e. The van der Waals surface area contributed by atoms with E-state index in [0.29, 0.717) is 34.6 Å². The molecule has 0 atom stereocenters. The molecule has 1 heterocycles. The molecule has 2 aromatic carbocycles. The van der Waals surface area contributed by atoms with E-state index in [0.717, 1.165) is 16.8 Å². The summed E-state index contributed by atoms with van der Waals surface area (Å²) < 4.78 is 16.4. The third kappa shape index (κ3) is 5.88. The highest BCUT2D eigenvalue weighted by molar-refractivity contribution is 6.41. The minimum atomic E-state index is -0.412. The number of carbonyl (C=O) groups excluding carboxylic acids is 1. The Morgan fingerprint density at radius 3 is 2.47 bits per heavy atom. The number of aromatic nitrogens is 1. The van der Waals surface area contributed by atoms with E-state index in [9.17, 15) is 4.79 Å².